The third-order valence-corrected chi connectivity index (χ3v) is 4.74. The predicted octanol–water partition coefficient (Wildman–Crippen LogP) is 5.16. The van der Waals surface area contributed by atoms with Crippen molar-refractivity contribution in [1.82, 2.24) is 0 Å². The molecule has 1 nitrogen and oxygen atoms in total. The second kappa shape index (κ2) is 7.38. The van der Waals surface area contributed by atoms with E-state index in [1.54, 1.807) is 0 Å². The Balaban J connectivity index is 2.22. The summed E-state index contributed by atoms with van der Waals surface area (Å²) in [5.74, 6) is -1.08. The molecule has 0 fully saturated rings. The summed E-state index contributed by atoms with van der Waals surface area (Å²) in [6, 6.07) is 9.98. The van der Waals surface area contributed by atoms with E-state index in [0.717, 1.165) is 27.6 Å². The van der Waals surface area contributed by atoms with Crippen LogP contribution in [0.5, 0.6) is 0 Å². The Morgan fingerprint density at radius 1 is 1.14 bits per heavy atom. The monoisotopic (exact) mass is 371 g/mol. The molecule has 0 amide bonds. The highest BCUT2D eigenvalue weighted by molar-refractivity contribution is 9.10. The normalized spacial score (nSPS) is 12.4. The van der Waals surface area contributed by atoms with Crippen molar-refractivity contribution < 1.29 is 8.78 Å². The topological polar surface area (TPSA) is 26.0 Å². The van der Waals surface area contributed by atoms with Gasteiger partial charge in [-0.2, -0.15) is 0 Å². The second-order valence-corrected chi connectivity index (χ2v) is 6.82. The Kier molecular flexibility index (Phi) is 5.79. The maximum absolute atomic E-state index is 14.1. The predicted molar refractivity (Wildman–Crippen MR) is 86.6 cm³/mol. The maximum Gasteiger partial charge on any atom is 0.140 e. The molecular weight excluding hydrogens is 356 g/mol. The Morgan fingerprint density at radius 2 is 1.71 bits per heavy atom. The lowest BCUT2D eigenvalue weighted by Gasteiger charge is -2.11. The van der Waals surface area contributed by atoms with Gasteiger partial charge < -0.3 is 5.73 Å². The van der Waals surface area contributed by atoms with E-state index in [1.807, 2.05) is 31.2 Å². The van der Waals surface area contributed by atoms with Gasteiger partial charge >= 0.3 is 0 Å². The summed E-state index contributed by atoms with van der Waals surface area (Å²) in [6.07, 6.45) is 1.26. The molecule has 2 aromatic rings. The zero-order valence-corrected chi connectivity index (χ0v) is 14.0. The van der Waals surface area contributed by atoms with Crippen LogP contribution in [0.15, 0.2) is 50.7 Å². The fourth-order valence-corrected chi connectivity index (χ4v) is 2.98. The zero-order valence-electron chi connectivity index (χ0n) is 11.6. The van der Waals surface area contributed by atoms with Crippen LogP contribution in [-0.2, 0) is 6.42 Å². The number of hydrogen-bond donors (Lipinski definition) is 1. The van der Waals surface area contributed by atoms with Crippen molar-refractivity contribution in [3.63, 3.8) is 0 Å². The summed E-state index contributed by atoms with van der Waals surface area (Å²) in [7, 11) is 0. The molecule has 0 aliphatic heterocycles. The molecule has 0 aliphatic carbocycles. The number of rotatable bonds is 5. The molecule has 0 aromatic heterocycles. The highest BCUT2D eigenvalue weighted by atomic mass is 79.9. The molecule has 0 bridgehead atoms. The Morgan fingerprint density at radius 3 is 2.24 bits per heavy atom. The molecule has 2 N–H and O–H groups in total. The number of hydrogen-bond acceptors (Lipinski definition) is 2. The summed E-state index contributed by atoms with van der Waals surface area (Å²) in [5, 5.41) is 0. The van der Waals surface area contributed by atoms with Gasteiger partial charge in [-0.25, -0.2) is 8.78 Å². The fraction of sp³-hybridized carbons (Fsp3) is 0.250. The average Bonchev–Trinajstić information content (AvgIpc) is 2.44. The number of benzene rings is 2. The molecule has 112 valence electrons. The lowest BCUT2D eigenvalue weighted by atomic mass is 10.0. The van der Waals surface area contributed by atoms with Gasteiger partial charge in [0.25, 0.3) is 0 Å². The summed E-state index contributed by atoms with van der Waals surface area (Å²) in [6.45, 7) is 1.95. The average molecular weight is 372 g/mol. The van der Waals surface area contributed by atoms with Crippen LogP contribution in [0, 0.1) is 11.6 Å². The van der Waals surface area contributed by atoms with Gasteiger partial charge in [0.05, 0.1) is 4.90 Å². The van der Waals surface area contributed by atoms with Crippen LogP contribution in [-0.4, -0.2) is 6.04 Å². The van der Waals surface area contributed by atoms with Gasteiger partial charge in [0.2, 0.25) is 0 Å². The Labute approximate surface area is 136 Å². The van der Waals surface area contributed by atoms with Crippen molar-refractivity contribution in [3.05, 3.63) is 58.1 Å². The van der Waals surface area contributed by atoms with Crippen molar-refractivity contribution in [1.29, 1.82) is 0 Å². The molecule has 2 rings (SSSR count). The summed E-state index contributed by atoms with van der Waals surface area (Å²) in [5.41, 5.74) is 6.42. The summed E-state index contributed by atoms with van der Waals surface area (Å²) in [4.78, 5) is 0.806. The van der Waals surface area contributed by atoms with Crippen LogP contribution < -0.4 is 5.73 Å². The van der Waals surface area contributed by atoms with E-state index >= 15 is 0 Å². The first-order valence-corrected chi connectivity index (χ1v) is 8.27. The molecule has 0 saturated heterocycles. The van der Waals surface area contributed by atoms with Gasteiger partial charge in [0.1, 0.15) is 11.6 Å². The van der Waals surface area contributed by atoms with Gasteiger partial charge in [0, 0.05) is 15.4 Å². The van der Waals surface area contributed by atoms with E-state index in [2.05, 4.69) is 15.9 Å². The largest absolute Gasteiger partial charge is 0.327 e. The van der Waals surface area contributed by atoms with E-state index in [4.69, 9.17) is 5.73 Å². The van der Waals surface area contributed by atoms with Crippen LogP contribution in [0.25, 0.3) is 0 Å². The van der Waals surface area contributed by atoms with Gasteiger partial charge in [-0.3, -0.25) is 0 Å². The molecule has 2 aromatic carbocycles. The molecule has 0 radical (unpaired) electrons. The first kappa shape index (κ1) is 16.5. The molecular formula is C16H16BrF2NS. The first-order chi connectivity index (χ1) is 9.99. The standard InChI is InChI=1S/C16H16BrF2NS/c1-2-12(20)7-10-8-14(18)16(15(19)9-10)21-13-5-3-11(17)4-6-13/h3-6,8-9,12H,2,7,20H2,1H3. The maximum atomic E-state index is 14.1. The van der Waals surface area contributed by atoms with Gasteiger partial charge in [0.15, 0.2) is 0 Å². The molecule has 21 heavy (non-hydrogen) atoms. The minimum absolute atomic E-state index is 0.0196. The molecule has 0 spiro atoms. The van der Waals surface area contributed by atoms with Crippen LogP contribution in [0.4, 0.5) is 8.78 Å². The minimum Gasteiger partial charge on any atom is -0.327 e. The van der Waals surface area contributed by atoms with Gasteiger partial charge in [-0.1, -0.05) is 34.6 Å². The lowest BCUT2D eigenvalue weighted by molar-refractivity contribution is 0.533. The van der Waals surface area contributed by atoms with Crippen molar-refractivity contribution >= 4 is 27.7 Å². The molecule has 5 heteroatoms. The number of halogens is 3. The minimum atomic E-state index is -0.541. The quantitative estimate of drug-likeness (QED) is 0.785. The van der Waals surface area contributed by atoms with Gasteiger partial charge in [-0.15, -0.1) is 0 Å². The second-order valence-electron chi connectivity index (χ2n) is 4.82. The molecule has 0 aliphatic rings. The molecule has 1 unspecified atom stereocenters. The van der Waals surface area contributed by atoms with E-state index in [0.29, 0.717) is 12.0 Å². The van der Waals surface area contributed by atoms with E-state index < -0.39 is 11.6 Å². The smallest absolute Gasteiger partial charge is 0.140 e. The molecule has 1 atom stereocenters. The summed E-state index contributed by atoms with van der Waals surface area (Å²) >= 11 is 4.41. The van der Waals surface area contributed by atoms with Crippen LogP contribution in [0.1, 0.15) is 18.9 Å². The Hall–Kier alpha value is -0.910. The zero-order chi connectivity index (χ0) is 15.4. The molecule has 0 saturated carbocycles. The van der Waals surface area contributed by atoms with Crippen molar-refractivity contribution in [3.8, 4) is 0 Å². The van der Waals surface area contributed by atoms with Crippen LogP contribution in [0.2, 0.25) is 0 Å². The van der Waals surface area contributed by atoms with Gasteiger partial charge in [-0.05, 0) is 54.8 Å². The first-order valence-electron chi connectivity index (χ1n) is 6.66. The number of nitrogens with two attached hydrogens (primary N) is 1. The van der Waals surface area contributed by atoms with Crippen molar-refractivity contribution in [2.45, 2.75) is 35.6 Å². The van der Waals surface area contributed by atoms with Crippen LogP contribution >= 0.6 is 27.7 Å². The SMILES string of the molecule is CCC(N)Cc1cc(F)c(Sc2ccc(Br)cc2)c(F)c1. The molecule has 0 heterocycles. The highest BCUT2D eigenvalue weighted by Gasteiger charge is 2.14. The van der Waals surface area contributed by atoms with Crippen LogP contribution in [0.3, 0.4) is 0 Å². The van der Waals surface area contributed by atoms with E-state index in [-0.39, 0.29) is 10.9 Å². The van der Waals surface area contributed by atoms with E-state index in [1.165, 1.54) is 12.1 Å². The lowest BCUT2D eigenvalue weighted by Crippen LogP contribution is -2.21. The summed E-state index contributed by atoms with van der Waals surface area (Å²) < 4.78 is 29.2. The Bertz CT molecular complexity index is 593. The fourth-order valence-electron chi connectivity index (χ4n) is 1.90. The third kappa shape index (κ3) is 4.53. The van der Waals surface area contributed by atoms with Crippen molar-refractivity contribution in [2.75, 3.05) is 0 Å². The van der Waals surface area contributed by atoms with E-state index in [9.17, 15) is 8.78 Å². The van der Waals surface area contributed by atoms with Crippen molar-refractivity contribution in [2.24, 2.45) is 5.73 Å². The third-order valence-electron chi connectivity index (χ3n) is 3.11. The highest BCUT2D eigenvalue weighted by Crippen LogP contribution is 2.33.